The predicted molar refractivity (Wildman–Crippen MR) is 75.5 cm³/mol. The second kappa shape index (κ2) is 5.63. The van der Waals surface area contributed by atoms with Gasteiger partial charge in [-0.1, -0.05) is 0 Å². The highest BCUT2D eigenvalue weighted by Crippen LogP contribution is 2.24. The van der Waals surface area contributed by atoms with Gasteiger partial charge in [0.2, 0.25) is 11.8 Å². The molecule has 0 radical (unpaired) electrons. The van der Waals surface area contributed by atoms with Gasteiger partial charge >= 0.3 is 6.03 Å². The quantitative estimate of drug-likeness (QED) is 0.696. The number of amides is 4. The van der Waals surface area contributed by atoms with E-state index in [0.717, 1.165) is 25.9 Å². The summed E-state index contributed by atoms with van der Waals surface area (Å²) >= 11 is 0. The number of hydrogen-bond donors (Lipinski definition) is 1. The Hall–Kier alpha value is -1.63. The number of nitrogens with one attached hydrogen (secondary N) is 1. The highest BCUT2D eigenvalue weighted by molar-refractivity contribution is 6.02. The lowest BCUT2D eigenvalue weighted by Gasteiger charge is -2.31. The van der Waals surface area contributed by atoms with Gasteiger partial charge < -0.3 is 15.1 Å². The summed E-state index contributed by atoms with van der Waals surface area (Å²) in [4.78, 5) is 41.3. The zero-order chi connectivity index (χ0) is 15.0. The molecule has 3 aliphatic heterocycles. The van der Waals surface area contributed by atoms with Crippen LogP contribution >= 0.6 is 0 Å². The smallest absolute Gasteiger partial charge is 0.324 e. The van der Waals surface area contributed by atoms with Crippen molar-refractivity contribution in [2.75, 3.05) is 39.8 Å². The lowest BCUT2D eigenvalue weighted by Crippen LogP contribution is -2.44. The monoisotopic (exact) mass is 294 g/mol. The summed E-state index contributed by atoms with van der Waals surface area (Å²) < 4.78 is 0. The molecular weight excluding hydrogens is 272 g/mol. The minimum atomic E-state index is -0.321. The molecule has 21 heavy (non-hydrogen) atoms. The number of urea groups is 1. The SMILES string of the molecule is CN1CCC(C(=O)N2CCC(N3C(=O)CNC3=O)C2)CC1. The third-order valence-corrected chi connectivity index (χ3v) is 4.79. The maximum atomic E-state index is 12.5. The van der Waals surface area contributed by atoms with E-state index in [1.165, 1.54) is 4.90 Å². The van der Waals surface area contributed by atoms with E-state index >= 15 is 0 Å². The van der Waals surface area contributed by atoms with Crippen molar-refractivity contribution in [2.24, 2.45) is 5.92 Å². The van der Waals surface area contributed by atoms with Crippen molar-refractivity contribution in [3.8, 4) is 0 Å². The average Bonchev–Trinajstić information content (AvgIpc) is 3.06. The van der Waals surface area contributed by atoms with Crippen molar-refractivity contribution in [2.45, 2.75) is 25.3 Å². The molecule has 0 saturated carbocycles. The molecule has 0 aromatic carbocycles. The third-order valence-electron chi connectivity index (χ3n) is 4.79. The van der Waals surface area contributed by atoms with Gasteiger partial charge in [-0.15, -0.1) is 0 Å². The van der Waals surface area contributed by atoms with Crippen LogP contribution in [-0.2, 0) is 9.59 Å². The van der Waals surface area contributed by atoms with Crippen molar-refractivity contribution < 1.29 is 14.4 Å². The van der Waals surface area contributed by atoms with E-state index in [0.29, 0.717) is 19.5 Å². The molecule has 0 spiro atoms. The maximum absolute atomic E-state index is 12.5. The Morgan fingerprint density at radius 1 is 1.14 bits per heavy atom. The number of carbonyl (C=O) groups is 3. The highest BCUT2D eigenvalue weighted by Gasteiger charge is 2.40. The largest absolute Gasteiger partial charge is 0.340 e. The predicted octanol–water partition coefficient (Wildman–Crippen LogP) is -0.519. The van der Waals surface area contributed by atoms with Gasteiger partial charge in [0.25, 0.3) is 0 Å². The van der Waals surface area contributed by atoms with Crippen molar-refractivity contribution in [1.82, 2.24) is 20.0 Å². The molecule has 7 heteroatoms. The summed E-state index contributed by atoms with van der Waals surface area (Å²) in [6, 6.07) is -0.478. The average molecular weight is 294 g/mol. The van der Waals surface area contributed by atoms with Gasteiger partial charge in [-0.25, -0.2) is 4.79 Å². The summed E-state index contributed by atoms with van der Waals surface area (Å²) in [5, 5.41) is 2.54. The molecule has 7 nitrogen and oxygen atoms in total. The van der Waals surface area contributed by atoms with E-state index in [1.807, 2.05) is 4.90 Å². The Labute approximate surface area is 124 Å². The van der Waals surface area contributed by atoms with Gasteiger partial charge in [0.15, 0.2) is 0 Å². The van der Waals surface area contributed by atoms with Gasteiger partial charge in [0, 0.05) is 19.0 Å². The second-order valence-corrected chi connectivity index (χ2v) is 6.23. The molecule has 3 aliphatic rings. The minimum absolute atomic E-state index is 0.0816. The van der Waals surface area contributed by atoms with Crippen LogP contribution in [0.3, 0.4) is 0 Å². The number of imide groups is 1. The van der Waals surface area contributed by atoms with Crippen LogP contribution in [0.1, 0.15) is 19.3 Å². The summed E-state index contributed by atoms with van der Waals surface area (Å²) in [6.07, 6.45) is 2.50. The molecule has 3 rings (SSSR count). The van der Waals surface area contributed by atoms with Crippen LogP contribution in [0.25, 0.3) is 0 Å². The highest BCUT2D eigenvalue weighted by atomic mass is 16.2. The van der Waals surface area contributed by atoms with Crippen molar-refractivity contribution in [1.29, 1.82) is 0 Å². The molecule has 1 N–H and O–H groups in total. The zero-order valence-corrected chi connectivity index (χ0v) is 12.4. The Balaban J connectivity index is 1.58. The first kappa shape index (κ1) is 14.3. The van der Waals surface area contributed by atoms with E-state index in [2.05, 4.69) is 17.3 Å². The third kappa shape index (κ3) is 2.74. The number of likely N-dealkylation sites (tertiary alicyclic amines) is 2. The van der Waals surface area contributed by atoms with Crippen LogP contribution in [0.2, 0.25) is 0 Å². The number of carbonyl (C=O) groups excluding carboxylic acids is 3. The molecule has 0 aromatic heterocycles. The molecule has 0 bridgehead atoms. The van der Waals surface area contributed by atoms with Crippen LogP contribution in [0, 0.1) is 5.92 Å². The van der Waals surface area contributed by atoms with E-state index < -0.39 is 0 Å². The molecule has 0 aliphatic carbocycles. The lowest BCUT2D eigenvalue weighted by molar-refractivity contribution is -0.136. The van der Waals surface area contributed by atoms with Crippen LogP contribution in [-0.4, -0.2) is 78.4 Å². The summed E-state index contributed by atoms with van der Waals surface area (Å²) in [7, 11) is 2.07. The van der Waals surface area contributed by atoms with Crippen molar-refractivity contribution >= 4 is 17.8 Å². The molecule has 4 amide bonds. The number of hydrogen-bond acceptors (Lipinski definition) is 4. The lowest BCUT2D eigenvalue weighted by atomic mass is 9.96. The number of nitrogens with zero attached hydrogens (tertiary/aromatic N) is 3. The van der Waals surface area contributed by atoms with Crippen molar-refractivity contribution in [3.63, 3.8) is 0 Å². The molecule has 1 atom stereocenters. The van der Waals surface area contributed by atoms with Gasteiger partial charge in [0.05, 0.1) is 12.6 Å². The molecule has 1 unspecified atom stereocenters. The van der Waals surface area contributed by atoms with E-state index in [9.17, 15) is 14.4 Å². The van der Waals surface area contributed by atoms with Crippen LogP contribution in [0.4, 0.5) is 4.79 Å². The van der Waals surface area contributed by atoms with Crippen LogP contribution in [0.5, 0.6) is 0 Å². The Morgan fingerprint density at radius 2 is 1.86 bits per heavy atom. The second-order valence-electron chi connectivity index (χ2n) is 6.23. The van der Waals surface area contributed by atoms with Gasteiger partial charge in [-0.2, -0.15) is 0 Å². The van der Waals surface area contributed by atoms with Gasteiger partial charge in [-0.05, 0) is 39.4 Å². The number of piperidine rings is 1. The Bertz CT molecular complexity index is 443. The standard InChI is InChI=1S/C14H22N4O3/c1-16-5-2-10(3-6-16)13(20)17-7-4-11(9-17)18-12(19)8-15-14(18)21/h10-11H,2-9H2,1H3,(H,15,21). The zero-order valence-electron chi connectivity index (χ0n) is 12.4. The van der Waals surface area contributed by atoms with Crippen LogP contribution in [0.15, 0.2) is 0 Å². The molecular formula is C14H22N4O3. The van der Waals surface area contributed by atoms with E-state index in [1.54, 1.807) is 0 Å². The molecule has 3 saturated heterocycles. The fraction of sp³-hybridized carbons (Fsp3) is 0.786. The van der Waals surface area contributed by atoms with Crippen LogP contribution < -0.4 is 5.32 Å². The molecule has 3 fully saturated rings. The molecule has 116 valence electrons. The first-order valence-corrected chi connectivity index (χ1v) is 7.63. The van der Waals surface area contributed by atoms with E-state index in [-0.39, 0.29) is 36.3 Å². The van der Waals surface area contributed by atoms with Gasteiger partial charge in [-0.3, -0.25) is 14.5 Å². The normalized spacial score (nSPS) is 28.3. The summed E-state index contributed by atoms with van der Waals surface area (Å²) in [6.45, 7) is 3.14. The number of rotatable bonds is 2. The summed E-state index contributed by atoms with van der Waals surface area (Å²) in [5.41, 5.74) is 0. The maximum Gasteiger partial charge on any atom is 0.324 e. The topological polar surface area (TPSA) is 73.0 Å². The minimum Gasteiger partial charge on any atom is -0.340 e. The first-order valence-electron chi connectivity index (χ1n) is 7.63. The first-order chi connectivity index (χ1) is 10.1. The Morgan fingerprint density at radius 3 is 2.48 bits per heavy atom. The summed E-state index contributed by atoms with van der Waals surface area (Å²) in [5.74, 6) is 0.110. The molecule has 0 aromatic rings. The van der Waals surface area contributed by atoms with Gasteiger partial charge in [0.1, 0.15) is 0 Å². The Kier molecular flexibility index (Phi) is 3.84. The fourth-order valence-electron chi connectivity index (χ4n) is 3.47. The molecule has 3 heterocycles. The fourth-order valence-corrected chi connectivity index (χ4v) is 3.47. The van der Waals surface area contributed by atoms with E-state index in [4.69, 9.17) is 0 Å². The van der Waals surface area contributed by atoms with Crippen molar-refractivity contribution in [3.05, 3.63) is 0 Å².